The fourth-order valence-electron chi connectivity index (χ4n) is 3.82. The third-order valence-corrected chi connectivity index (χ3v) is 6.55. The molecule has 2 aromatic heterocycles. The van der Waals surface area contributed by atoms with Gasteiger partial charge in [-0.3, -0.25) is 10.1 Å². The van der Waals surface area contributed by atoms with Crippen molar-refractivity contribution in [3.63, 3.8) is 0 Å². The van der Waals surface area contributed by atoms with Gasteiger partial charge in [-0.15, -0.1) is 16.4 Å². The standard InChI is InChI=1S/C23H20ClN5O2S/c1-31-17-10-6-15(7-11-17)19-13-18(14-4-8-16(24)9-5-14)25-23-27-22(28-29(19)23)26-21(30)20-3-2-12-32-20/h2-12,18-19H,13H2,1H3,(H2,25,26,27,28,30)/t18-,19-/m0/s1. The van der Waals surface area contributed by atoms with Gasteiger partial charge in [-0.05, 0) is 53.3 Å². The van der Waals surface area contributed by atoms with Crippen LogP contribution in [0.25, 0.3) is 0 Å². The molecule has 0 radical (unpaired) electrons. The summed E-state index contributed by atoms with van der Waals surface area (Å²) < 4.78 is 7.14. The average Bonchev–Trinajstić information content (AvgIpc) is 3.49. The molecule has 1 aliphatic heterocycles. The number of anilines is 2. The molecule has 5 rings (SSSR count). The molecule has 0 fully saturated rings. The zero-order chi connectivity index (χ0) is 22.1. The van der Waals surface area contributed by atoms with Crippen LogP contribution in [-0.4, -0.2) is 27.8 Å². The Hall–Kier alpha value is -3.36. The van der Waals surface area contributed by atoms with E-state index in [1.54, 1.807) is 13.2 Å². The summed E-state index contributed by atoms with van der Waals surface area (Å²) in [4.78, 5) is 17.7. The molecule has 0 unspecified atom stereocenters. The van der Waals surface area contributed by atoms with Crippen LogP contribution in [0.1, 0.15) is 39.3 Å². The number of methoxy groups -OCH3 is 1. The molecule has 0 bridgehead atoms. The third-order valence-electron chi connectivity index (χ3n) is 5.43. The van der Waals surface area contributed by atoms with E-state index < -0.39 is 0 Å². The minimum absolute atomic E-state index is 0.0110. The lowest BCUT2D eigenvalue weighted by atomic mass is 9.93. The van der Waals surface area contributed by atoms with E-state index in [9.17, 15) is 4.79 Å². The van der Waals surface area contributed by atoms with Gasteiger partial charge in [-0.2, -0.15) is 4.98 Å². The predicted octanol–water partition coefficient (Wildman–Crippen LogP) is 5.40. The first-order chi connectivity index (χ1) is 15.6. The van der Waals surface area contributed by atoms with Crippen molar-refractivity contribution in [1.29, 1.82) is 0 Å². The monoisotopic (exact) mass is 465 g/mol. The number of nitrogens with one attached hydrogen (secondary N) is 2. The van der Waals surface area contributed by atoms with Gasteiger partial charge in [0.05, 0.1) is 24.1 Å². The highest BCUT2D eigenvalue weighted by atomic mass is 35.5. The number of hydrogen-bond donors (Lipinski definition) is 2. The lowest BCUT2D eigenvalue weighted by Crippen LogP contribution is -2.28. The molecule has 7 nitrogen and oxygen atoms in total. The first kappa shape index (κ1) is 20.5. The van der Waals surface area contributed by atoms with Crippen LogP contribution in [0.5, 0.6) is 5.75 Å². The summed E-state index contributed by atoms with van der Waals surface area (Å²) in [6.45, 7) is 0. The maximum absolute atomic E-state index is 12.5. The molecule has 0 saturated heterocycles. The van der Waals surface area contributed by atoms with E-state index in [1.165, 1.54) is 11.3 Å². The molecule has 4 aromatic rings. The minimum atomic E-state index is -0.224. The highest BCUT2D eigenvalue weighted by molar-refractivity contribution is 7.12. The zero-order valence-electron chi connectivity index (χ0n) is 17.2. The number of carbonyl (C=O) groups is 1. The quantitative estimate of drug-likeness (QED) is 0.412. The van der Waals surface area contributed by atoms with E-state index in [0.29, 0.717) is 15.8 Å². The Morgan fingerprint density at radius 3 is 2.59 bits per heavy atom. The Balaban J connectivity index is 1.49. The molecular weight excluding hydrogens is 446 g/mol. The maximum Gasteiger partial charge on any atom is 0.268 e. The number of ether oxygens (including phenoxy) is 1. The van der Waals surface area contributed by atoms with Gasteiger partial charge in [0.25, 0.3) is 11.9 Å². The van der Waals surface area contributed by atoms with Crippen LogP contribution in [0.4, 0.5) is 11.9 Å². The molecule has 2 atom stereocenters. The fourth-order valence-corrected chi connectivity index (χ4v) is 4.56. The molecular formula is C23H20ClN5O2S. The van der Waals surface area contributed by atoms with Crippen LogP contribution in [-0.2, 0) is 0 Å². The molecule has 2 aromatic carbocycles. The fraction of sp³-hybridized carbons (Fsp3) is 0.174. The number of amides is 1. The van der Waals surface area contributed by atoms with Crippen LogP contribution in [0.2, 0.25) is 5.02 Å². The van der Waals surface area contributed by atoms with E-state index in [1.807, 2.05) is 64.7 Å². The highest BCUT2D eigenvalue weighted by Crippen LogP contribution is 2.38. The first-order valence-corrected chi connectivity index (χ1v) is 11.3. The summed E-state index contributed by atoms with van der Waals surface area (Å²) >= 11 is 7.45. The molecule has 0 saturated carbocycles. The number of hydrogen-bond acceptors (Lipinski definition) is 6. The van der Waals surface area contributed by atoms with Crippen LogP contribution >= 0.6 is 22.9 Å². The predicted molar refractivity (Wildman–Crippen MR) is 126 cm³/mol. The average molecular weight is 466 g/mol. The number of benzene rings is 2. The normalized spacial score (nSPS) is 17.3. The van der Waals surface area contributed by atoms with Crippen LogP contribution in [0.3, 0.4) is 0 Å². The van der Waals surface area contributed by atoms with Crippen molar-refractivity contribution in [2.45, 2.75) is 18.5 Å². The van der Waals surface area contributed by atoms with Crippen molar-refractivity contribution in [3.8, 4) is 5.75 Å². The lowest BCUT2D eigenvalue weighted by Gasteiger charge is -2.31. The van der Waals surface area contributed by atoms with Crippen molar-refractivity contribution in [2.24, 2.45) is 0 Å². The van der Waals surface area contributed by atoms with Gasteiger partial charge >= 0.3 is 0 Å². The molecule has 0 spiro atoms. The topological polar surface area (TPSA) is 81.1 Å². The van der Waals surface area contributed by atoms with E-state index in [2.05, 4.69) is 20.7 Å². The van der Waals surface area contributed by atoms with Gasteiger partial charge in [-0.1, -0.05) is 41.9 Å². The summed E-state index contributed by atoms with van der Waals surface area (Å²) in [6.07, 6.45) is 0.753. The number of fused-ring (bicyclic) bond motifs is 1. The maximum atomic E-state index is 12.5. The highest BCUT2D eigenvalue weighted by Gasteiger charge is 2.31. The number of rotatable bonds is 5. The largest absolute Gasteiger partial charge is 0.497 e. The number of carbonyl (C=O) groups excluding carboxylic acids is 1. The molecule has 9 heteroatoms. The Bertz CT molecular complexity index is 1220. The number of aromatic nitrogens is 3. The van der Waals surface area contributed by atoms with Gasteiger partial charge < -0.3 is 10.1 Å². The Kier molecular flexibility index (Phi) is 5.55. The van der Waals surface area contributed by atoms with Crippen molar-refractivity contribution in [1.82, 2.24) is 14.8 Å². The lowest BCUT2D eigenvalue weighted by molar-refractivity contribution is 0.102. The smallest absolute Gasteiger partial charge is 0.268 e. The summed E-state index contributed by atoms with van der Waals surface area (Å²) in [7, 11) is 1.65. The summed E-state index contributed by atoms with van der Waals surface area (Å²) in [5, 5.41) is 13.4. The molecule has 32 heavy (non-hydrogen) atoms. The Labute approximate surface area is 194 Å². The molecule has 1 aliphatic rings. The Morgan fingerprint density at radius 2 is 1.91 bits per heavy atom. The van der Waals surface area contributed by atoms with Gasteiger partial charge in [0.1, 0.15) is 5.75 Å². The second-order valence-electron chi connectivity index (χ2n) is 7.41. The molecule has 162 valence electrons. The van der Waals surface area contributed by atoms with Crippen LogP contribution in [0.15, 0.2) is 66.0 Å². The second kappa shape index (κ2) is 8.64. The van der Waals surface area contributed by atoms with Crippen LogP contribution < -0.4 is 15.4 Å². The molecule has 0 aliphatic carbocycles. The number of nitrogens with zero attached hydrogens (tertiary/aromatic N) is 3. The number of halogens is 1. The van der Waals surface area contributed by atoms with E-state index in [4.69, 9.17) is 16.3 Å². The minimum Gasteiger partial charge on any atom is -0.497 e. The second-order valence-corrected chi connectivity index (χ2v) is 8.79. The summed E-state index contributed by atoms with van der Waals surface area (Å²) in [5.41, 5.74) is 2.18. The van der Waals surface area contributed by atoms with Gasteiger partial charge in [0.2, 0.25) is 5.95 Å². The van der Waals surface area contributed by atoms with Crippen molar-refractivity contribution >= 4 is 40.7 Å². The molecule has 3 heterocycles. The van der Waals surface area contributed by atoms with E-state index >= 15 is 0 Å². The van der Waals surface area contributed by atoms with E-state index in [0.717, 1.165) is 23.3 Å². The van der Waals surface area contributed by atoms with Gasteiger partial charge in [0.15, 0.2) is 0 Å². The van der Waals surface area contributed by atoms with Crippen LogP contribution in [0, 0.1) is 0 Å². The first-order valence-electron chi connectivity index (χ1n) is 10.1. The van der Waals surface area contributed by atoms with E-state index in [-0.39, 0.29) is 23.9 Å². The summed E-state index contributed by atoms with van der Waals surface area (Å²) in [6, 6.07) is 19.3. The van der Waals surface area contributed by atoms with Crippen molar-refractivity contribution in [3.05, 3.63) is 87.1 Å². The van der Waals surface area contributed by atoms with Gasteiger partial charge in [-0.25, -0.2) is 4.68 Å². The van der Waals surface area contributed by atoms with Crippen molar-refractivity contribution in [2.75, 3.05) is 17.7 Å². The van der Waals surface area contributed by atoms with Gasteiger partial charge in [0, 0.05) is 5.02 Å². The summed E-state index contributed by atoms with van der Waals surface area (Å²) in [5.74, 6) is 1.43. The third kappa shape index (κ3) is 4.06. The SMILES string of the molecule is COc1ccc([C@@H]2C[C@@H](c3ccc(Cl)cc3)Nc3nc(NC(=O)c4cccs4)nn32)cc1. The number of thiophene rings is 1. The zero-order valence-corrected chi connectivity index (χ0v) is 18.7. The molecule has 1 amide bonds. The molecule has 2 N–H and O–H groups in total. The van der Waals surface area contributed by atoms with Crippen molar-refractivity contribution < 1.29 is 9.53 Å². The Morgan fingerprint density at radius 1 is 1.16 bits per heavy atom.